The Balaban J connectivity index is 1.88. The number of benzene rings is 2. The maximum atomic E-state index is 12.6. The van der Waals surface area contributed by atoms with E-state index in [4.69, 9.17) is 0 Å². The average molecular weight is 396 g/mol. The molecule has 3 rings (SSSR count). The van der Waals surface area contributed by atoms with Crippen LogP contribution in [-0.4, -0.2) is 25.8 Å². The fraction of sp³-hybridized carbons (Fsp3) is 0.111. The maximum absolute atomic E-state index is 12.6. The number of hydrogen-bond acceptors (Lipinski definition) is 7. The van der Waals surface area contributed by atoms with E-state index in [1.807, 2.05) is 19.1 Å². The van der Waals surface area contributed by atoms with E-state index in [0.717, 1.165) is 17.7 Å². The lowest BCUT2D eigenvalue weighted by atomic mass is 10.2. The van der Waals surface area contributed by atoms with Gasteiger partial charge < -0.3 is 0 Å². The number of hydrazone groups is 1. The summed E-state index contributed by atoms with van der Waals surface area (Å²) in [5, 5.41) is 28.8. The quantitative estimate of drug-likeness (QED) is 0.371. The number of rotatable bonds is 6. The first-order valence-corrected chi connectivity index (χ1v) is 8.38. The highest BCUT2D eigenvalue weighted by molar-refractivity contribution is 5.81. The molecule has 0 fully saturated rings. The third-order valence-electron chi connectivity index (χ3n) is 4.18. The number of nitro benzene ring substituents is 2. The van der Waals surface area contributed by atoms with E-state index in [-0.39, 0.29) is 16.8 Å². The van der Waals surface area contributed by atoms with Gasteiger partial charge in [0.25, 0.3) is 11.2 Å². The molecule has 0 spiro atoms. The number of nitrogens with zero attached hydrogens (tertiary/aromatic N) is 4. The fourth-order valence-electron chi connectivity index (χ4n) is 2.63. The first-order valence-electron chi connectivity index (χ1n) is 8.38. The van der Waals surface area contributed by atoms with Gasteiger partial charge in [0.1, 0.15) is 5.69 Å². The van der Waals surface area contributed by atoms with Gasteiger partial charge in [-0.2, -0.15) is 5.10 Å². The molecule has 0 saturated carbocycles. The predicted octanol–water partition coefficient (Wildman–Crippen LogP) is 3.04. The third kappa shape index (κ3) is 4.03. The molecule has 0 atom stereocenters. The molecule has 11 nitrogen and oxygen atoms in total. The van der Waals surface area contributed by atoms with Crippen molar-refractivity contribution in [3.8, 4) is 5.69 Å². The Labute approximate surface area is 163 Å². The Morgan fingerprint density at radius 1 is 1.07 bits per heavy atom. The average Bonchev–Trinajstić information content (AvgIpc) is 2.96. The lowest BCUT2D eigenvalue weighted by Crippen LogP contribution is -2.17. The van der Waals surface area contributed by atoms with Crippen LogP contribution in [0.25, 0.3) is 5.69 Å². The normalized spacial score (nSPS) is 11.0. The molecular weight excluding hydrogens is 380 g/mol. The summed E-state index contributed by atoms with van der Waals surface area (Å²) in [5.41, 5.74) is 3.71. The van der Waals surface area contributed by atoms with Crippen molar-refractivity contribution in [1.29, 1.82) is 0 Å². The highest BCUT2D eigenvalue weighted by Crippen LogP contribution is 2.28. The summed E-state index contributed by atoms with van der Waals surface area (Å²) in [6.07, 6.45) is 1.24. The van der Waals surface area contributed by atoms with Gasteiger partial charge in [-0.3, -0.25) is 35.5 Å². The number of aromatic amines is 1. The van der Waals surface area contributed by atoms with Gasteiger partial charge in [0, 0.05) is 11.8 Å². The molecule has 0 amide bonds. The monoisotopic (exact) mass is 396 g/mol. The molecule has 0 radical (unpaired) electrons. The van der Waals surface area contributed by atoms with Gasteiger partial charge in [-0.05, 0) is 32.0 Å². The second-order valence-corrected chi connectivity index (χ2v) is 6.21. The molecule has 0 unspecified atom stereocenters. The summed E-state index contributed by atoms with van der Waals surface area (Å²) in [6, 6.07) is 10.5. The number of aromatic nitrogens is 2. The molecule has 0 aliphatic rings. The van der Waals surface area contributed by atoms with Crippen molar-refractivity contribution in [2.45, 2.75) is 13.8 Å². The van der Waals surface area contributed by atoms with Crippen molar-refractivity contribution in [1.82, 2.24) is 9.78 Å². The molecule has 0 aliphatic heterocycles. The van der Waals surface area contributed by atoms with Crippen molar-refractivity contribution in [3.05, 3.63) is 89.9 Å². The van der Waals surface area contributed by atoms with E-state index in [1.54, 1.807) is 19.1 Å². The van der Waals surface area contributed by atoms with Crippen LogP contribution in [0.2, 0.25) is 0 Å². The van der Waals surface area contributed by atoms with Crippen molar-refractivity contribution in [3.63, 3.8) is 0 Å². The molecule has 2 N–H and O–H groups in total. The smallest absolute Gasteiger partial charge is 0.295 e. The number of nitrogens with one attached hydrogen (secondary N) is 2. The minimum absolute atomic E-state index is 0.0381. The molecule has 1 aromatic heterocycles. The van der Waals surface area contributed by atoms with E-state index in [9.17, 15) is 25.0 Å². The fourth-order valence-corrected chi connectivity index (χ4v) is 2.63. The molecule has 0 aliphatic carbocycles. The van der Waals surface area contributed by atoms with E-state index >= 15 is 0 Å². The molecule has 0 saturated heterocycles. The Kier molecular flexibility index (Phi) is 5.21. The van der Waals surface area contributed by atoms with Gasteiger partial charge in [-0.1, -0.05) is 17.7 Å². The van der Waals surface area contributed by atoms with Gasteiger partial charge >= 0.3 is 5.69 Å². The number of anilines is 1. The van der Waals surface area contributed by atoms with Gasteiger partial charge in [-0.25, -0.2) is 4.68 Å². The lowest BCUT2D eigenvalue weighted by Gasteiger charge is -2.01. The van der Waals surface area contributed by atoms with E-state index in [0.29, 0.717) is 11.4 Å². The number of aryl methyl sites for hydroxylation is 2. The van der Waals surface area contributed by atoms with Gasteiger partial charge in [0.15, 0.2) is 0 Å². The molecule has 148 valence electrons. The number of H-pyrrole nitrogens is 1. The zero-order valence-corrected chi connectivity index (χ0v) is 15.4. The van der Waals surface area contributed by atoms with Gasteiger partial charge in [0.05, 0.1) is 33.4 Å². The summed E-state index contributed by atoms with van der Waals surface area (Å²) in [7, 11) is 0. The number of non-ortho nitro benzene ring substituents is 1. The maximum Gasteiger partial charge on any atom is 0.301 e. The molecular formula is C18H16N6O5. The molecule has 29 heavy (non-hydrogen) atoms. The first kappa shape index (κ1) is 19.5. The van der Waals surface area contributed by atoms with Crippen molar-refractivity contribution in [2.24, 2.45) is 5.10 Å². The van der Waals surface area contributed by atoms with Crippen LogP contribution < -0.4 is 11.0 Å². The van der Waals surface area contributed by atoms with Gasteiger partial charge in [0.2, 0.25) is 0 Å². The third-order valence-corrected chi connectivity index (χ3v) is 4.18. The second kappa shape index (κ2) is 7.76. The van der Waals surface area contributed by atoms with Crippen LogP contribution in [0.5, 0.6) is 0 Å². The summed E-state index contributed by atoms with van der Waals surface area (Å²) in [5.74, 6) is 0. The van der Waals surface area contributed by atoms with Crippen molar-refractivity contribution < 1.29 is 9.85 Å². The Morgan fingerprint density at radius 3 is 2.38 bits per heavy atom. The number of nitro groups is 2. The Bertz CT molecular complexity index is 1180. The summed E-state index contributed by atoms with van der Waals surface area (Å²) < 4.78 is 1.37. The highest BCUT2D eigenvalue weighted by Gasteiger charge is 2.19. The van der Waals surface area contributed by atoms with Crippen molar-refractivity contribution >= 4 is 23.3 Å². The number of hydrogen-bond donors (Lipinski definition) is 2. The van der Waals surface area contributed by atoms with Crippen molar-refractivity contribution in [2.75, 3.05) is 5.43 Å². The predicted molar refractivity (Wildman–Crippen MR) is 107 cm³/mol. The first-order chi connectivity index (χ1) is 13.8. The van der Waals surface area contributed by atoms with Crippen LogP contribution in [0.15, 0.2) is 52.4 Å². The lowest BCUT2D eigenvalue weighted by molar-refractivity contribution is -0.393. The van der Waals surface area contributed by atoms with E-state index < -0.39 is 21.2 Å². The van der Waals surface area contributed by atoms with Gasteiger partial charge in [-0.15, -0.1) is 0 Å². The van der Waals surface area contributed by atoms with Crippen LogP contribution in [0, 0.1) is 34.1 Å². The molecule has 3 aromatic rings. The zero-order chi connectivity index (χ0) is 21.1. The largest absolute Gasteiger partial charge is 0.301 e. The minimum Gasteiger partial charge on any atom is -0.295 e. The van der Waals surface area contributed by atoms with Crippen LogP contribution in [0.3, 0.4) is 0 Å². The Hall–Kier alpha value is -4.28. The SMILES string of the molecule is Cc1ccc(-n2[nH]c(C)c(/C=N/Nc3ccc([N+](=O)[O-])cc3[N+](=O)[O-])c2=O)cc1. The van der Waals surface area contributed by atoms with Crippen LogP contribution in [0.4, 0.5) is 17.1 Å². The Morgan fingerprint density at radius 2 is 1.76 bits per heavy atom. The molecule has 11 heteroatoms. The summed E-state index contributed by atoms with van der Waals surface area (Å²) in [6.45, 7) is 3.63. The standard InChI is InChI=1S/C18H16N6O5/c1-11-3-5-13(6-4-11)22-18(25)15(12(2)21-22)10-19-20-16-8-7-14(23(26)27)9-17(16)24(28)29/h3-10,20-21H,1-2H3/b19-10+. The molecule has 1 heterocycles. The second-order valence-electron chi connectivity index (χ2n) is 6.21. The highest BCUT2D eigenvalue weighted by atomic mass is 16.6. The van der Waals surface area contributed by atoms with Crippen LogP contribution >= 0.6 is 0 Å². The van der Waals surface area contributed by atoms with Crippen LogP contribution in [-0.2, 0) is 0 Å². The summed E-state index contributed by atoms with van der Waals surface area (Å²) in [4.78, 5) is 33.1. The summed E-state index contributed by atoms with van der Waals surface area (Å²) >= 11 is 0. The van der Waals surface area contributed by atoms with Crippen LogP contribution in [0.1, 0.15) is 16.8 Å². The minimum atomic E-state index is -0.753. The molecule has 0 bridgehead atoms. The molecule has 2 aromatic carbocycles. The van der Waals surface area contributed by atoms with E-state index in [2.05, 4.69) is 15.6 Å². The topological polar surface area (TPSA) is 148 Å². The zero-order valence-electron chi connectivity index (χ0n) is 15.4. The van der Waals surface area contributed by atoms with E-state index in [1.165, 1.54) is 17.0 Å².